The molecule has 0 aliphatic carbocycles. The predicted molar refractivity (Wildman–Crippen MR) is 110 cm³/mol. The molecule has 3 aromatic carbocycles. The Labute approximate surface area is 164 Å². The third-order valence-electron chi connectivity index (χ3n) is 4.30. The Morgan fingerprint density at radius 1 is 0.808 bits per heavy atom. The smallest absolute Gasteiger partial charge is 0.119 e. The number of hydrogen-bond donors (Lipinski definition) is 2. The molecular formula is C22H22Cl2O2. The Balaban J connectivity index is 0.000000228. The number of hydrogen-bond acceptors (Lipinski definition) is 2. The summed E-state index contributed by atoms with van der Waals surface area (Å²) in [6, 6.07) is 18.4. The summed E-state index contributed by atoms with van der Waals surface area (Å²) in [5, 5.41) is 20.3. The molecule has 3 rings (SSSR count). The summed E-state index contributed by atoms with van der Waals surface area (Å²) in [7, 11) is 0. The molecule has 0 heterocycles. The van der Waals surface area contributed by atoms with Gasteiger partial charge in [-0.05, 0) is 60.9 Å². The molecule has 0 aliphatic rings. The van der Waals surface area contributed by atoms with Gasteiger partial charge in [0.2, 0.25) is 0 Å². The Morgan fingerprint density at radius 2 is 1.42 bits per heavy atom. The van der Waals surface area contributed by atoms with Crippen LogP contribution in [-0.2, 0) is 0 Å². The molecule has 0 bridgehead atoms. The summed E-state index contributed by atoms with van der Waals surface area (Å²) < 4.78 is 0. The minimum absolute atomic E-state index is 0.134. The maximum absolute atomic E-state index is 9.99. The minimum Gasteiger partial charge on any atom is -0.508 e. The first-order chi connectivity index (χ1) is 12.3. The first-order valence-electron chi connectivity index (χ1n) is 8.29. The van der Waals surface area contributed by atoms with Gasteiger partial charge in [-0.1, -0.05) is 60.5 Å². The van der Waals surface area contributed by atoms with Crippen LogP contribution in [-0.4, -0.2) is 10.2 Å². The second-order valence-corrected chi connectivity index (χ2v) is 6.99. The number of aromatic hydroxyl groups is 2. The van der Waals surface area contributed by atoms with Gasteiger partial charge < -0.3 is 10.2 Å². The molecular weight excluding hydrogens is 367 g/mol. The summed E-state index contributed by atoms with van der Waals surface area (Å²) in [5.74, 6) is 0.704. The van der Waals surface area contributed by atoms with Crippen molar-refractivity contribution in [3.05, 3.63) is 93.0 Å². The highest BCUT2D eigenvalue weighted by molar-refractivity contribution is 6.31. The Bertz CT molecular complexity index is 877. The van der Waals surface area contributed by atoms with Crippen molar-refractivity contribution in [1.82, 2.24) is 0 Å². The lowest BCUT2D eigenvalue weighted by molar-refractivity contribution is 0.465. The molecule has 0 aromatic heterocycles. The van der Waals surface area contributed by atoms with E-state index < -0.39 is 0 Å². The van der Waals surface area contributed by atoms with Gasteiger partial charge in [-0.15, -0.1) is 0 Å². The lowest BCUT2D eigenvalue weighted by atomic mass is 9.89. The van der Waals surface area contributed by atoms with Gasteiger partial charge in [0, 0.05) is 21.5 Å². The quantitative estimate of drug-likeness (QED) is 0.503. The lowest BCUT2D eigenvalue weighted by Crippen LogP contribution is -1.99. The summed E-state index contributed by atoms with van der Waals surface area (Å²) >= 11 is 11.8. The average Bonchev–Trinajstić information content (AvgIpc) is 2.63. The van der Waals surface area contributed by atoms with E-state index in [4.69, 9.17) is 28.3 Å². The molecule has 2 nitrogen and oxygen atoms in total. The maximum Gasteiger partial charge on any atom is 0.119 e. The van der Waals surface area contributed by atoms with Gasteiger partial charge in [0.15, 0.2) is 0 Å². The fraction of sp³-hybridized carbons (Fsp3) is 0.182. The molecule has 1 atom stereocenters. The lowest BCUT2D eigenvalue weighted by Gasteiger charge is -2.17. The van der Waals surface area contributed by atoms with Crippen LogP contribution in [0.1, 0.15) is 35.1 Å². The molecule has 0 amide bonds. The van der Waals surface area contributed by atoms with Crippen molar-refractivity contribution in [3.63, 3.8) is 0 Å². The zero-order chi connectivity index (χ0) is 19.3. The molecule has 0 spiro atoms. The molecule has 3 aromatic rings. The fourth-order valence-corrected chi connectivity index (χ4v) is 3.05. The zero-order valence-corrected chi connectivity index (χ0v) is 16.5. The number of phenolic OH excluding ortho intramolecular Hbond substituents is 2. The van der Waals surface area contributed by atoms with Crippen molar-refractivity contribution in [2.24, 2.45) is 0 Å². The van der Waals surface area contributed by atoms with Crippen molar-refractivity contribution in [3.8, 4) is 11.5 Å². The van der Waals surface area contributed by atoms with Crippen LogP contribution < -0.4 is 0 Å². The van der Waals surface area contributed by atoms with Gasteiger partial charge in [0.25, 0.3) is 0 Å². The molecule has 26 heavy (non-hydrogen) atoms. The normalized spacial score (nSPS) is 11.4. The largest absolute Gasteiger partial charge is 0.508 e. The molecule has 0 radical (unpaired) electrons. The number of halogens is 2. The van der Waals surface area contributed by atoms with Crippen molar-refractivity contribution in [2.75, 3.05) is 0 Å². The number of aryl methyl sites for hydroxylation is 1. The zero-order valence-electron chi connectivity index (χ0n) is 15.0. The number of phenols is 2. The van der Waals surface area contributed by atoms with E-state index in [0.717, 1.165) is 16.7 Å². The maximum atomic E-state index is 9.99. The van der Waals surface area contributed by atoms with Crippen LogP contribution in [0.25, 0.3) is 0 Å². The van der Waals surface area contributed by atoms with E-state index in [1.807, 2.05) is 32.0 Å². The Morgan fingerprint density at radius 3 is 2.00 bits per heavy atom. The van der Waals surface area contributed by atoms with Gasteiger partial charge in [-0.3, -0.25) is 0 Å². The van der Waals surface area contributed by atoms with E-state index in [2.05, 4.69) is 19.1 Å². The molecule has 0 fully saturated rings. The van der Waals surface area contributed by atoms with Crippen molar-refractivity contribution in [2.45, 2.75) is 26.7 Å². The topological polar surface area (TPSA) is 40.5 Å². The van der Waals surface area contributed by atoms with Crippen LogP contribution in [0, 0.1) is 13.8 Å². The van der Waals surface area contributed by atoms with Crippen LogP contribution in [0.2, 0.25) is 10.0 Å². The average molecular weight is 389 g/mol. The van der Waals surface area contributed by atoms with Crippen LogP contribution in [0.5, 0.6) is 11.5 Å². The van der Waals surface area contributed by atoms with Crippen molar-refractivity contribution < 1.29 is 10.2 Å². The van der Waals surface area contributed by atoms with Gasteiger partial charge in [0.05, 0.1) is 0 Å². The molecule has 136 valence electrons. The molecule has 4 heteroatoms. The van der Waals surface area contributed by atoms with E-state index in [-0.39, 0.29) is 11.7 Å². The highest BCUT2D eigenvalue weighted by Crippen LogP contribution is 2.36. The summed E-state index contributed by atoms with van der Waals surface area (Å²) in [6.07, 6.45) is 0. The fourth-order valence-electron chi connectivity index (χ4n) is 2.77. The molecule has 0 aliphatic heterocycles. The standard InChI is InChI=1S/C15H15ClO.C7H7ClO/c1-10(12-6-4-3-5-7-12)15-11(2)13(16)8-9-14(15)17;1-5-4-6(9)2-3-7(5)8/h3-10,17H,1-2H3;2-4,9H,1H3. The van der Waals surface area contributed by atoms with Crippen molar-refractivity contribution in [1.29, 1.82) is 0 Å². The Kier molecular flexibility index (Phi) is 6.96. The van der Waals surface area contributed by atoms with Gasteiger partial charge in [0.1, 0.15) is 11.5 Å². The van der Waals surface area contributed by atoms with E-state index in [0.29, 0.717) is 15.8 Å². The first kappa shape index (κ1) is 20.2. The third-order valence-corrected chi connectivity index (χ3v) is 5.13. The van der Waals surface area contributed by atoms with Crippen molar-refractivity contribution >= 4 is 23.2 Å². The minimum atomic E-state index is 0.134. The number of benzene rings is 3. The summed E-state index contributed by atoms with van der Waals surface area (Å²) in [4.78, 5) is 0. The molecule has 0 saturated heterocycles. The second kappa shape index (κ2) is 8.98. The van der Waals surface area contributed by atoms with Crippen LogP contribution in [0.15, 0.2) is 60.7 Å². The monoisotopic (exact) mass is 388 g/mol. The molecule has 1 unspecified atom stereocenters. The molecule has 0 saturated carbocycles. The van der Waals surface area contributed by atoms with Crippen LogP contribution >= 0.6 is 23.2 Å². The SMILES string of the molecule is Cc1c(Cl)ccc(O)c1C(C)c1ccccc1.Cc1cc(O)ccc1Cl. The van der Waals surface area contributed by atoms with Crippen LogP contribution in [0.3, 0.4) is 0 Å². The Hall–Kier alpha value is -2.16. The summed E-state index contributed by atoms with van der Waals surface area (Å²) in [5.41, 5.74) is 3.93. The number of rotatable bonds is 2. The highest BCUT2D eigenvalue weighted by Gasteiger charge is 2.16. The van der Waals surface area contributed by atoms with Gasteiger partial charge >= 0.3 is 0 Å². The highest BCUT2D eigenvalue weighted by atomic mass is 35.5. The van der Waals surface area contributed by atoms with Crippen LogP contribution in [0.4, 0.5) is 0 Å². The first-order valence-corrected chi connectivity index (χ1v) is 9.05. The van der Waals surface area contributed by atoms with E-state index in [1.54, 1.807) is 30.3 Å². The van der Waals surface area contributed by atoms with E-state index >= 15 is 0 Å². The van der Waals surface area contributed by atoms with E-state index in [1.165, 1.54) is 5.56 Å². The van der Waals surface area contributed by atoms with Gasteiger partial charge in [-0.25, -0.2) is 0 Å². The third kappa shape index (κ3) is 4.94. The van der Waals surface area contributed by atoms with E-state index in [9.17, 15) is 5.11 Å². The predicted octanol–water partition coefficient (Wildman–Crippen LogP) is 6.86. The molecule has 2 N–H and O–H groups in total. The summed E-state index contributed by atoms with van der Waals surface area (Å²) in [6.45, 7) is 5.87. The van der Waals surface area contributed by atoms with Gasteiger partial charge in [-0.2, -0.15) is 0 Å². The second-order valence-electron chi connectivity index (χ2n) is 6.17.